The van der Waals surface area contributed by atoms with Crippen molar-refractivity contribution in [1.29, 1.82) is 0 Å². The van der Waals surface area contributed by atoms with Gasteiger partial charge in [-0.25, -0.2) is 9.97 Å². The second-order valence-electron chi connectivity index (χ2n) is 3.46. The second kappa shape index (κ2) is 4.19. The van der Waals surface area contributed by atoms with Gasteiger partial charge in [-0.2, -0.15) is 0 Å². The topological polar surface area (TPSA) is 25.8 Å². The lowest BCUT2D eigenvalue weighted by Gasteiger charge is -2.16. The van der Waals surface area contributed by atoms with Crippen molar-refractivity contribution in [2.75, 3.05) is 0 Å². The largest absolute Gasteiger partial charge is 0.231 e. The molecule has 0 atom stereocenters. The maximum absolute atomic E-state index is 4.25. The molecule has 1 heterocycles. The van der Waals surface area contributed by atoms with Gasteiger partial charge in [0.15, 0.2) is 4.73 Å². The van der Waals surface area contributed by atoms with Gasteiger partial charge in [0.05, 0.1) is 5.69 Å². The molecule has 0 radical (unpaired) electrons. The Kier molecular flexibility index (Phi) is 4.14. The molecule has 0 aromatic carbocycles. The molecule has 0 saturated heterocycles. The van der Waals surface area contributed by atoms with Crippen LogP contribution in [0.25, 0.3) is 0 Å². The highest BCUT2D eigenvalue weighted by atomic mass is 79.9. The van der Waals surface area contributed by atoms with Crippen molar-refractivity contribution in [3.63, 3.8) is 0 Å². The molecule has 1 aromatic heterocycles. The minimum Gasteiger partial charge on any atom is -0.231 e. The van der Waals surface area contributed by atoms with Crippen molar-refractivity contribution in [3.8, 4) is 0 Å². The summed E-state index contributed by atoms with van der Waals surface area (Å²) < 4.78 is 0.657. The first-order valence-electron chi connectivity index (χ1n) is 3.49. The van der Waals surface area contributed by atoms with Crippen LogP contribution in [0.2, 0.25) is 0 Å². The van der Waals surface area contributed by atoms with Crippen LogP contribution in [0.4, 0.5) is 0 Å². The van der Waals surface area contributed by atoms with Crippen LogP contribution in [0.15, 0.2) is 17.0 Å². The van der Waals surface area contributed by atoms with Gasteiger partial charge < -0.3 is 0 Å². The van der Waals surface area contributed by atoms with Crippen molar-refractivity contribution in [3.05, 3.63) is 22.7 Å². The third-order valence-corrected chi connectivity index (χ3v) is 1.78. The van der Waals surface area contributed by atoms with Crippen LogP contribution in [0.5, 0.6) is 0 Å². The van der Waals surface area contributed by atoms with Gasteiger partial charge in [-0.05, 0) is 22.0 Å². The van der Waals surface area contributed by atoms with E-state index in [2.05, 4.69) is 46.7 Å². The molecule has 1 rings (SSSR count). The molecule has 0 fully saturated rings. The van der Waals surface area contributed by atoms with Crippen LogP contribution < -0.4 is 0 Å². The third-order valence-electron chi connectivity index (χ3n) is 1.39. The first kappa shape index (κ1) is 11.8. The predicted molar refractivity (Wildman–Crippen MR) is 55.7 cm³/mol. The lowest BCUT2D eigenvalue weighted by Crippen LogP contribution is -2.13. The molecule has 12 heavy (non-hydrogen) atoms. The third kappa shape index (κ3) is 3.07. The first-order chi connectivity index (χ1) is 5.00. The molecule has 0 aliphatic rings. The summed E-state index contributed by atoms with van der Waals surface area (Å²) in [5, 5.41) is 0. The first-order valence-corrected chi connectivity index (χ1v) is 4.28. The van der Waals surface area contributed by atoms with E-state index in [1.807, 2.05) is 6.07 Å². The minimum atomic E-state index is 0. The van der Waals surface area contributed by atoms with Gasteiger partial charge in [0.25, 0.3) is 0 Å². The lowest BCUT2D eigenvalue weighted by molar-refractivity contribution is 0.565. The molecule has 0 N–H and O–H groups in total. The maximum Gasteiger partial charge on any atom is 0.196 e. The van der Waals surface area contributed by atoms with E-state index in [1.165, 1.54) is 0 Å². The Balaban J connectivity index is 0.00000121. The van der Waals surface area contributed by atoms with E-state index < -0.39 is 0 Å². The van der Waals surface area contributed by atoms with Crippen molar-refractivity contribution < 1.29 is 0 Å². The van der Waals surface area contributed by atoms with Crippen LogP contribution in [-0.4, -0.2) is 9.97 Å². The summed E-state index contributed by atoms with van der Waals surface area (Å²) in [4.78, 5) is 8.21. The molecule has 68 valence electrons. The fourth-order valence-corrected chi connectivity index (χ4v) is 1.06. The number of nitrogens with zero attached hydrogens (tertiary/aromatic N) is 2. The van der Waals surface area contributed by atoms with Gasteiger partial charge >= 0.3 is 0 Å². The molecule has 0 aliphatic carbocycles. The summed E-state index contributed by atoms with van der Waals surface area (Å²) >= 11 is 3.23. The maximum atomic E-state index is 4.25. The Hall–Kier alpha value is -0.150. The van der Waals surface area contributed by atoms with E-state index >= 15 is 0 Å². The monoisotopic (exact) mass is 250 g/mol. The summed E-state index contributed by atoms with van der Waals surface area (Å²) in [5.74, 6) is 0. The molecule has 0 bridgehead atoms. The van der Waals surface area contributed by atoms with Gasteiger partial charge in [-0.1, -0.05) is 20.8 Å². The Labute approximate surface area is 87.4 Å². The Morgan fingerprint density at radius 1 is 1.33 bits per heavy atom. The summed E-state index contributed by atoms with van der Waals surface area (Å²) in [6.07, 6.45) is 1.76. The predicted octanol–water partition coefficient (Wildman–Crippen LogP) is 2.96. The molecule has 0 unspecified atom stereocenters. The van der Waals surface area contributed by atoms with Crippen LogP contribution in [0, 0.1) is 0 Å². The molecule has 0 amide bonds. The van der Waals surface area contributed by atoms with Crippen LogP contribution in [-0.2, 0) is 5.41 Å². The zero-order valence-corrected chi connectivity index (χ0v) is 9.74. The zero-order valence-electron chi connectivity index (χ0n) is 7.34. The molecule has 0 spiro atoms. The SMILES string of the molecule is CC(C)(C)c1ccnc(Br)n1.Cl. The summed E-state index contributed by atoms with van der Waals surface area (Å²) in [5.41, 5.74) is 1.16. The number of halogens is 2. The van der Waals surface area contributed by atoms with Gasteiger partial charge in [0, 0.05) is 11.6 Å². The highest BCUT2D eigenvalue weighted by Crippen LogP contribution is 2.19. The smallest absolute Gasteiger partial charge is 0.196 e. The number of rotatable bonds is 0. The molecular formula is C8H12BrClN2. The van der Waals surface area contributed by atoms with Crippen molar-refractivity contribution >= 4 is 28.3 Å². The Bertz CT molecular complexity index is 257. The van der Waals surface area contributed by atoms with E-state index in [1.54, 1.807) is 6.20 Å². The van der Waals surface area contributed by atoms with Crippen molar-refractivity contribution in [1.82, 2.24) is 9.97 Å². The van der Waals surface area contributed by atoms with E-state index in [-0.39, 0.29) is 17.8 Å². The highest BCUT2D eigenvalue weighted by Gasteiger charge is 2.14. The fraction of sp³-hybridized carbons (Fsp3) is 0.500. The van der Waals surface area contributed by atoms with Crippen LogP contribution in [0.3, 0.4) is 0 Å². The Morgan fingerprint density at radius 2 is 1.92 bits per heavy atom. The fourth-order valence-electron chi connectivity index (χ4n) is 0.753. The average Bonchev–Trinajstić information content (AvgIpc) is 1.86. The van der Waals surface area contributed by atoms with E-state index in [4.69, 9.17) is 0 Å². The number of aromatic nitrogens is 2. The van der Waals surface area contributed by atoms with Crippen LogP contribution in [0.1, 0.15) is 26.5 Å². The normalized spacial score (nSPS) is 10.7. The Morgan fingerprint density at radius 3 is 2.25 bits per heavy atom. The van der Waals surface area contributed by atoms with Gasteiger partial charge in [-0.15, -0.1) is 12.4 Å². The van der Waals surface area contributed by atoms with Gasteiger partial charge in [0.1, 0.15) is 0 Å². The molecule has 2 nitrogen and oxygen atoms in total. The summed E-state index contributed by atoms with van der Waals surface area (Å²) in [6, 6.07) is 1.94. The van der Waals surface area contributed by atoms with E-state index in [0.717, 1.165) is 5.69 Å². The van der Waals surface area contributed by atoms with Gasteiger partial charge in [0.2, 0.25) is 0 Å². The standard InChI is InChI=1S/C8H11BrN2.ClH/c1-8(2,3)6-4-5-10-7(9)11-6;/h4-5H,1-3H3;1H. The molecular weight excluding hydrogens is 239 g/mol. The van der Waals surface area contributed by atoms with E-state index in [0.29, 0.717) is 4.73 Å². The highest BCUT2D eigenvalue weighted by molar-refractivity contribution is 9.10. The molecule has 1 aromatic rings. The zero-order chi connectivity index (χ0) is 8.48. The quantitative estimate of drug-likeness (QED) is 0.663. The summed E-state index contributed by atoms with van der Waals surface area (Å²) in [6.45, 7) is 6.38. The molecule has 4 heteroatoms. The van der Waals surface area contributed by atoms with Gasteiger partial charge in [-0.3, -0.25) is 0 Å². The lowest BCUT2D eigenvalue weighted by atomic mass is 9.92. The average molecular weight is 252 g/mol. The summed E-state index contributed by atoms with van der Waals surface area (Å²) in [7, 11) is 0. The molecule has 0 saturated carbocycles. The van der Waals surface area contributed by atoms with Crippen molar-refractivity contribution in [2.24, 2.45) is 0 Å². The number of hydrogen-bond acceptors (Lipinski definition) is 2. The van der Waals surface area contributed by atoms with Crippen LogP contribution >= 0.6 is 28.3 Å². The second-order valence-corrected chi connectivity index (χ2v) is 4.17. The van der Waals surface area contributed by atoms with E-state index in [9.17, 15) is 0 Å². The molecule has 0 aliphatic heterocycles. The van der Waals surface area contributed by atoms with Crippen molar-refractivity contribution in [2.45, 2.75) is 26.2 Å². The minimum absolute atomic E-state index is 0. The number of hydrogen-bond donors (Lipinski definition) is 0.